The second-order valence-corrected chi connectivity index (χ2v) is 5.04. The molecule has 0 aromatic heterocycles. The molecule has 0 amide bonds. The molecular formula is C9H22ClN3. The fourth-order valence-electron chi connectivity index (χ4n) is 0.774. The SMILES string of the molecule is CC(C)(C)N=C(N)NC(C)(C)C.Cl. The second kappa shape index (κ2) is 4.70. The highest BCUT2D eigenvalue weighted by atomic mass is 35.5. The molecule has 13 heavy (non-hydrogen) atoms. The number of halogens is 1. The average molecular weight is 208 g/mol. The molecule has 0 aliphatic rings. The van der Waals surface area contributed by atoms with Gasteiger partial charge in [0.1, 0.15) is 0 Å². The van der Waals surface area contributed by atoms with E-state index >= 15 is 0 Å². The van der Waals surface area contributed by atoms with Gasteiger partial charge < -0.3 is 11.1 Å². The van der Waals surface area contributed by atoms with Crippen LogP contribution in [0.4, 0.5) is 0 Å². The van der Waals surface area contributed by atoms with Crippen molar-refractivity contribution in [2.45, 2.75) is 52.6 Å². The largest absolute Gasteiger partial charge is 0.370 e. The third-order valence-corrected chi connectivity index (χ3v) is 0.959. The fourth-order valence-corrected chi connectivity index (χ4v) is 0.774. The molecule has 0 spiro atoms. The van der Waals surface area contributed by atoms with Crippen LogP contribution in [-0.2, 0) is 0 Å². The van der Waals surface area contributed by atoms with E-state index in [-0.39, 0.29) is 23.5 Å². The number of hydrogen-bond donors (Lipinski definition) is 2. The maximum absolute atomic E-state index is 5.68. The summed E-state index contributed by atoms with van der Waals surface area (Å²) in [6, 6.07) is 0. The first-order chi connectivity index (χ1) is 5.10. The van der Waals surface area contributed by atoms with Crippen molar-refractivity contribution in [2.75, 3.05) is 0 Å². The Kier molecular flexibility index (Phi) is 5.44. The molecule has 0 saturated heterocycles. The number of nitrogens with two attached hydrogens (primary N) is 1. The van der Waals surface area contributed by atoms with Gasteiger partial charge in [-0.25, -0.2) is 4.99 Å². The highest BCUT2D eigenvalue weighted by molar-refractivity contribution is 5.85. The van der Waals surface area contributed by atoms with Crippen molar-refractivity contribution in [2.24, 2.45) is 10.7 Å². The van der Waals surface area contributed by atoms with Crippen LogP contribution in [0.3, 0.4) is 0 Å². The molecule has 0 saturated carbocycles. The minimum atomic E-state index is -0.109. The molecular weight excluding hydrogens is 186 g/mol. The summed E-state index contributed by atoms with van der Waals surface area (Å²) in [7, 11) is 0. The first-order valence-electron chi connectivity index (χ1n) is 4.24. The quantitative estimate of drug-likeness (QED) is 0.471. The van der Waals surface area contributed by atoms with Crippen molar-refractivity contribution < 1.29 is 0 Å². The molecule has 0 rings (SSSR count). The number of nitrogens with zero attached hydrogens (tertiary/aromatic N) is 1. The van der Waals surface area contributed by atoms with Gasteiger partial charge in [0.25, 0.3) is 0 Å². The van der Waals surface area contributed by atoms with Gasteiger partial charge >= 0.3 is 0 Å². The predicted octanol–water partition coefficient (Wildman–Crippen LogP) is 1.91. The van der Waals surface area contributed by atoms with E-state index in [0.717, 1.165) is 0 Å². The summed E-state index contributed by atoms with van der Waals surface area (Å²) in [6.45, 7) is 12.2. The molecule has 3 nitrogen and oxygen atoms in total. The van der Waals surface area contributed by atoms with Crippen LogP contribution in [0.2, 0.25) is 0 Å². The molecule has 0 aliphatic heterocycles. The van der Waals surface area contributed by atoms with Crippen LogP contribution < -0.4 is 11.1 Å². The molecule has 0 atom stereocenters. The third kappa shape index (κ3) is 11.6. The predicted molar refractivity (Wildman–Crippen MR) is 61.5 cm³/mol. The average Bonchev–Trinajstić information content (AvgIpc) is 1.49. The standard InChI is InChI=1S/C9H21N3.ClH/c1-8(2,3)11-7(10)12-9(4,5)6;/h1-6H3,(H3,10,11,12);1H. The number of guanidine groups is 1. The molecule has 0 aromatic rings. The van der Waals surface area contributed by atoms with Gasteiger partial charge in [0, 0.05) is 5.54 Å². The first kappa shape index (κ1) is 15.1. The van der Waals surface area contributed by atoms with Crippen molar-refractivity contribution in [1.29, 1.82) is 0 Å². The highest BCUT2D eigenvalue weighted by Gasteiger charge is 2.13. The molecule has 80 valence electrons. The lowest BCUT2D eigenvalue weighted by Crippen LogP contribution is -2.46. The van der Waals surface area contributed by atoms with E-state index in [0.29, 0.717) is 5.96 Å². The lowest BCUT2D eigenvalue weighted by Gasteiger charge is -2.23. The van der Waals surface area contributed by atoms with E-state index in [9.17, 15) is 0 Å². The van der Waals surface area contributed by atoms with Crippen molar-refractivity contribution in [3.05, 3.63) is 0 Å². The minimum Gasteiger partial charge on any atom is -0.370 e. The Labute approximate surface area is 87.6 Å². The van der Waals surface area contributed by atoms with E-state index in [1.165, 1.54) is 0 Å². The number of hydrogen-bond acceptors (Lipinski definition) is 1. The fraction of sp³-hybridized carbons (Fsp3) is 0.889. The molecule has 0 heterocycles. The van der Waals surface area contributed by atoms with Gasteiger partial charge in [-0.2, -0.15) is 0 Å². The van der Waals surface area contributed by atoms with Crippen LogP contribution in [-0.4, -0.2) is 17.0 Å². The monoisotopic (exact) mass is 207 g/mol. The number of aliphatic imine (C=N–C) groups is 1. The number of nitrogens with one attached hydrogen (secondary N) is 1. The van der Waals surface area contributed by atoms with Gasteiger partial charge in [0.15, 0.2) is 5.96 Å². The smallest absolute Gasteiger partial charge is 0.189 e. The molecule has 0 aliphatic carbocycles. The maximum Gasteiger partial charge on any atom is 0.189 e. The number of rotatable bonds is 0. The van der Waals surface area contributed by atoms with Crippen molar-refractivity contribution >= 4 is 18.4 Å². The summed E-state index contributed by atoms with van der Waals surface area (Å²) in [5, 5.41) is 3.10. The summed E-state index contributed by atoms with van der Waals surface area (Å²) in [6.07, 6.45) is 0. The summed E-state index contributed by atoms with van der Waals surface area (Å²) >= 11 is 0. The lowest BCUT2D eigenvalue weighted by molar-refractivity contribution is 0.498. The zero-order valence-corrected chi connectivity index (χ0v) is 10.2. The van der Waals surface area contributed by atoms with Crippen LogP contribution >= 0.6 is 12.4 Å². The summed E-state index contributed by atoms with van der Waals surface area (Å²) in [5.74, 6) is 0.509. The van der Waals surface area contributed by atoms with Crippen molar-refractivity contribution in [3.63, 3.8) is 0 Å². The highest BCUT2D eigenvalue weighted by Crippen LogP contribution is 2.06. The van der Waals surface area contributed by atoms with Crippen molar-refractivity contribution in [1.82, 2.24) is 5.32 Å². The second-order valence-electron chi connectivity index (χ2n) is 5.04. The van der Waals surface area contributed by atoms with Gasteiger partial charge in [-0.05, 0) is 41.5 Å². The Balaban J connectivity index is 0. The Hall–Kier alpha value is -0.440. The van der Waals surface area contributed by atoms with Gasteiger partial charge in [-0.1, -0.05) is 0 Å². The van der Waals surface area contributed by atoms with Gasteiger partial charge in [-0.15, -0.1) is 12.4 Å². The molecule has 0 bridgehead atoms. The van der Waals surface area contributed by atoms with E-state index in [1.54, 1.807) is 0 Å². The normalized spacial score (nSPS) is 13.5. The van der Waals surface area contributed by atoms with Crippen LogP contribution in [0.1, 0.15) is 41.5 Å². The van der Waals surface area contributed by atoms with Crippen LogP contribution in [0, 0.1) is 0 Å². The van der Waals surface area contributed by atoms with E-state index in [1.807, 2.05) is 20.8 Å². The van der Waals surface area contributed by atoms with E-state index in [2.05, 4.69) is 31.1 Å². The Bertz CT molecular complexity index is 174. The van der Waals surface area contributed by atoms with Crippen molar-refractivity contribution in [3.8, 4) is 0 Å². The zero-order valence-electron chi connectivity index (χ0n) is 9.43. The first-order valence-corrected chi connectivity index (χ1v) is 4.24. The van der Waals surface area contributed by atoms with Crippen LogP contribution in [0.15, 0.2) is 4.99 Å². The topological polar surface area (TPSA) is 50.4 Å². The molecule has 3 N–H and O–H groups in total. The van der Waals surface area contributed by atoms with Gasteiger partial charge in [-0.3, -0.25) is 0 Å². The van der Waals surface area contributed by atoms with E-state index < -0.39 is 0 Å². The Morgan fingerprint density at radius 1 is 1.08 bits per heavy atom. The minimum absolute atomic E-state index is 0. The van der Waals surface area contributed by atoms with Gasteiger partial charge in [0.05, 0.1) is 5.54 Å². The lowest BCUT2D eigenvalue weighted by atomic mass is 10.1. The molecule has 0 unspecified atom stereocenters. The maximum atomic E-state index is 5.68. The molecule has 0 aromatic carbocycles. The summed E-state index contributed by atoms with van der Waals surface area (Å²) < 4.78 is 0. The van der Waals surface area contributed by atoms with Gasteiger partial charge in [0.2, 0.25) is 0 Å². The zero-order chi connectivity index (χ0) is 9.99. The van der Waals surface area contributed by atoms with E-state index in [4.69, 9.17) is 5.73 Å². The summed E-state index contributed by atoms with van der Waals surface area (Å²) in [5.41, 5.74) is 5.56. The molecule has 0 fully saturated rings. The summed E-state index contributed by atoms with van der Waals surface area (Å²) in [4.78, 5) is 4.28. The Morgan fingerprint density at radius 2 is 1.46 bits per heavy atom. The van der Waals surface area contributed by atoms with Crippen LogP contribution in [0.25, 0.3) is 0 Å². The third-order valence-electron chi connectivity index (χ3n) is 0.959. The van der Waals surface area contributed by atoms with Crippen LogP contribution in [0.5, 0.6) is 0 Å². The Morgan fingerprint density at radius 3 is 1.69 bits per heavy atom. The molecule has 4 heteroatoms. The molecule has 0 radical (unpaired) electrons.